The number of imide groups is 1. The Morgan fingerprint density at radius 1 is 1.43 bits per heavy atom. The zero-order chi connectivity index (χ0) is 9.97. The van der Waals surface area contributed by atoms with E-state index in [1.165, 1.54) is 18.6 Å². The lowest BCUT2D eigenvalue weighted by Crippen LogP contribution is -2.30. The molecule has 1 fully saturated rings. The highest BCUT2D eigenvalue weighted by molar-refractivity contribution is 6.06. The lowest BCUT2D eigenvalue weighted by Gasteiger charge is -2.07. The van der Waals surface area contributed by atoms with Crippen molar-refractivity contribution >= 4 is 17.6 Å². The van der Waals surface area contributed by atoms with Gasteiger partial charge in [-0.2, -0.15) is 0 Å². The number of anilines is 1. The molecule has 1 aromatic rings. The van der Waals surface area contributed by atoms with Crippen molar-refractivity contribution in [1.29, 1.82) is 0 Å². The van der Waals surface area contributed by atoms with Crippen LogP contribution < -0.4 is 10.6 Å². The molecule has 14 heavy (non-hydrogen) atoms. The molecule has 6 nitrogen and oxygen atoms in total. The van der Waals surface area contributed by atoms with Gasteiger partial charge in [-0.25, -0.2) is 4.98 Å². The molecular weight excluding hydrogens is 184 g/mol. The van der Waals surface area contributed by atoms with Crippen LogP contribution >= 0.6 is 0 Å². The Hall–Kier alpha value is -1.98. The summed E-state index contributed by atoms with van der Waals surface area (Å²) in [5, 5.41) is 5.01. The molecule has 0 aliphatic carbocycles. The average molecular weight is 192 g/mol. The molecule has 2 amide bonds. The fourth-order valence-electron chi connectivity index (χ4n) is 1.22. The van der Waals surface area contributed by atoms with Gasteiger partial charge in [-0.1, -0.05) is 0 Å². The van der Waals surface area contributed by atoms with E-state index in [9.17, 15) is 9.59 Å². The van der Waals surface area contributed by atoms with Gasteiger partial charge in [-0.05, 0) is 0 Å². The van der Waals surface area contributed by atoms with Crippen LogP contribution in [0.1, 0.15) is 6.42 Å². The highest BCUT2D eigenvalue weighted by atomic mass is 16.2. The Morgan fingerprint density at radius 2 is 2.29 bits per heavy atom. The van der Waals surface area contributed by atoms with Crippen molar-refractivity contribution in [3.63, 3.8) is 0 Å². The first-order valence-electron chi connectivity index (χ1n) is 4.12. The summed E-state index contributed by atoms with van der Waals surface area (Å²) in [4.78, 5) is 29.8. The maximum Gasteiger partial charge on any atom is 0.249 e. The third kappa shape index (κ3) is 1.68. The molecule has 0 bridgehead atoms. The molecule has 1 atom stereocenters. The van der Waals surface area contributed by atoms with Crippen LogP contribution in [0, 0.1) is 0 Å². The summed E-state index contributed by atoms with van der Waals surface area (Å²) >= 11 is 0. The van der Waals surface area contributed by atoms with Gasteiger partial charge in [-0.15, -0.1) is 0 Å². The largest absolute Gasteiger partial charge is 0.357 e. The lowest BCUT2D eigenvalue weighted by molar-refractivity contribution is -0.124. The van der Waals surface area contributed by atoms with E-state index in [1.807, 2.05) is 0 Å². The number of hydrogen-bond donors (Lipinski definition) is 2. The normalized spacial score (nSPS) is 20.7. The topological polar surface area (TPSA) is 84.0 Å². The monoisotopic (exact) mass is 192 g/mol. The third-order valence-corrected chi connectivity index (χ3v) is 1.85. The minimum Gasteiger partial charge on any atom is -0.357 e. The number of hydrogen-bond acceptors (Lipinski definition) is 5. The van der Waals surface area contributed by atoms with E-state index in [1.54, 1.807) is 0 Å². The zero-order valence-electron chi connectivity index (χ0n) is 7.23. The summed E-state index contributed by atoms with van der Waals surface area (Å²) in [6, 6.07) is -0.529. The van der Waals surface area contributed by atoms with Gasteiger partial charge in [0.15, 0.2) is 0 Å². The van der Waals surface area contributed by atoms with Crippen molar-refractivity contribution in [1.82, 2.24) is 15.3 Å². The van der Waals surface area contributed by atoms with Crippen LogP contribution in [0.2, 0.25) is 0 Å². The highest BCUT2D eigenvalue weighted by Gasteiger charge is 2.30. The summed E-state index contributed by atoms with van der Waals surface area (Å²) in [7, 11) is 0. The second kappa shape index (κ2) is 3.41. The molecule has 2 N–H and O–H groups in total. The summed E-state index contributed by atoms with van der Waals surface area (Å²) in [6.07, 6.45) is 4.69. The molecule has 6 heteroatoms. The van der Waals surface area contributed by atoms with Gasteiger partial charge in [0, 0.05) is 12.4 Å². The molecule has 1 saturated heterocycles. The predicted molar refractivity (Wildman–Crippen MR) is 47.2 cm³/mol. The van der Waals surface area contributed by atoms with Gasteiger partial charge in [-0.3, -0.25) is 19.9 Å². The minimum atomic E-state index is -0.529. The summed E-state index contributed by atoms with van der Waals surface area (Å²) < 4.78 is 0. The van der Waals surface area contributed by atoms with E-state index in [4.69, 9.17) is 0 Å². The van der Waals surface area contributed by atoms with Crippen LogP contribution in [0.3, 0.4) is 0 Å². The molecule has 0 aromatic carbocycles. The summed E-state index contributed by atoms with van der Waals surface area (Å²) in [5.74, 6) is -0.0978. The fourth-order valence-corrected chi connectivity index (χ4v) is 1.22. The van der Waals surface area contributed by atoms with Gasteiger partial charge < -0.3 is 5.32 Å². The van der Waals surface area contributed by atoms with Gasteiger partial charge in [0.25, 0.3) is 0 Å². The maximum absolute atomic E-state index is 11.1. The predicted octanol–water partition coefficient (Wildman–Crippen LogP) is -0.696. The maximum atomic E-state index is 11.1. The Balaban J connectivity index is 2.05. The molecule has 2 rings (SSSR count). The standard InChI is InChI=1S/C8H8N4O2/c13-7-3-5(8(14)12-7)11-6-4-9-1-2-10-6/h1-2,4-5H,3H2,(H,10,11)(H,12,13,14). The quantitative estimate of drug-likeness (QED) is 0.605. The number of carbonyl (C=O) groups excluding carboxylic acids is 2. The fraction of sp³-hybridized carbons (Fsp3) is 0.250. The van der Waals surface area contributed by atoms with Crippen LogP contribution in [-0.4, -0.2) is 27.8 Å². The molecular formula is C8H8N4O2. The van der Waals surface area contributed by atoms with Crippen LogP contribution in [0.15, 0.2) is 18.6 Å². The first kappa shape index (κ1) is 8.61. The van der Waals surface area contributed by atoms with Crippen LogP contribution in [-0.2, 0) is 9.59 Å². The number of aromatic nitrogens is 2. The first-order valence-corrected chi connectivity index (χ1v) is 4.12. The number of nitrogens with one attached hydrogen (secondary N) is 2. The van der Waals surface area contributed by atoms with Gasteiger partial charge >= 0.3 is 0 Å². The summed E-state index contributed by atoms with van der Waals surface area (Å²) in [5.41, 5.74) is 0. The van der Waals surface area contributed by atoms with E-state index in [0.29, 0.717) is 5.82 Å². The Bertz CT molecular complexity index is 365. The molecule has 1 aliphatic rings. The van der Waals surface area contributed by atoms with Crippen molar-refractivity contribution < 1.29 is 9.59 Å². The highest BCUT2D eigenvalue weighted by Crippen LogP contribution is 2.08. The average Bonchev–Trinajstić information content (AvgIpc) is 2.47. The van der Waals surface area contributed by atoms with Crippen LogP contribution in [0.4, 0.5) is 5.82 Å². The Kier molecular flexibility index (Phi) is 2.10. The van der Waals surface area contributed by atoms with E-state index in [2.05, 4.69) is 20.6 Å². The molecule has 2 heterocycles. The molecule has 1 aromatic heterocycles. The van der Waals surface area contributed by atoms with E-state index in [-0.39, 0.29) is 18.2 Å². The second-order valence-corrected chi connectivity index (χ2v) is 2.90. The Morgan fingerprint density at radius 3 is 2.86 bits per heavy atom. The number of nitrogens with zero attached hydrogens (tertiary/aromatic N) is 2. The minimum absolute atomic E-state index is 0.148. The molecule has 0 spiro atoms. The SMILES string of the molecule is O=C1CC(Nc2cnccn2)C(=O)N1. The van der Waals surface area contributed by atoms with Crippen molar-refractivity contribution in [3.8, 4) is 0 Å². The second-order valence-electron chi connectivity index (χ2n) is 2.90. The first-order chi connectivity index (χ1) is 6.75. The molecule has 1 aliphatic heterocycles. The van der Waals surface area contributed by atoms with Gasteiger partial charge in [0.05, 0.1) is 12.6 Å². The summed E-state index contributed by atoms with van der Waals surface area (Å²) in [6.45, 7) is 0. The van der Waals surface area contributed by atoms with E-state index >= 15 is 0 Å². The van der Waals surface area contributed by atoms with E-state index in [0.717, 1.165) is 0 Å². The number of carbonyl (C=O) groups is 2. The van der Waals surface area contributed by atoms with Crippen molar-refractivity contribution in [2.24, 2.45) is 0 Å². The van der Waals surface area contributed by atoms with E-state index < -0.39 is 6.04 Å². The molecule has 0 saturated carbocycles. The molecule has 0 radical (unpaired) electrons. The third-order valence-electron chi connectivity index (χ3n) is 1.85. The van der Waals surface area contributed by atoms with Crippen molar-refractivity contribution in [2.45, 2.75) is 12.5 Å². The van der Waals surface area contributed by atoms with Crippen LogP contribution in [0.25, 0.3) is 0 Å². The Labute approximate surface area is 79.7 Å². The van der Waals surface area contributed by atoms with Gasteiger partial charge in [0.2, 0.25) is 11.8 Å². The lowest BCUT2D eigenvalue weighted by atomic mass is 10.2. The number of rotatable bonds is 2. The van der Waals surface area contributed by atoms with Crippen LogP contribution in [0.5, 0.6) is 0 Å². The molecule has 1 unspecified atom stereocenters. The zero-order valence-corrected chi connectivity index (χ0v) is 7.23. The van der Waals surface area contributed by atoms with Crippen molar-refractivity contribution in [2.75, 3.05) is 5.32 Å². The smallest absolute Gasteiger partial charge is 0.249 e. The molecule has 72 valence electrons. The van der Waals surface area contributed by atoms with Crippen molar-refractivity contribution in [3.05, 3.63) is 18.6 Å². The number of amides is 2. The van der Waals surface area contributed by atoms with Gasteiger partial charge in [0.1, 0.15) is 11.9 Å².